The van der Waals surface area contributed by atoms with Crippen LogP contribution in [0.4, 0.5) is 4.39 Å². The van der Waals surface area contributed by atoms with Crippen LogP contribution < -0.4 is 0 Å². The van der Waals surface area contributed by atoms with E-state index < -0.39 is 17.8 Å². The minimum atomic E-state index is -0.616. The molecule has 33 heavy (non-hydrogen) atoms. The van der Waals surface area contributed by atoms with Crippen molar-refractivity contribution >= 4 is 16.9 Å². The van der Waals surface area contributed by atoms with Gasteiger partial charge in [-0.15, -0.1) is 10.2 Å². The highest BCUT2D eigenvalue weighted by molar-refractivity contribution is 5.91. The number of fused-ring (bicyclic) bond motifs is 2. The van der Waals surface area contributed by atoms with E-state index in [2.05, 4.69) is 25.1 Å². The van der Waals surface area contributed by atoms with Gasteiger partial charge in [-0.25, -0.2) is 14.4 Å². The number of H-pyrrole nitrogens is 1. The summed E-state index contributed by atoms with van der Waals surface area (Å²) >= 11 is 0. The van der Waals surface area contributed by atoms with Crippen molar-refractivity contribution in [2.75, 3.05) is 6.54 Å². The summed E-state index contributed by atoms with van der Waals surface area (Å²) in [7, 11) is 0. The number of carbonyl (C=O) groups excluding carboxylic acids is 1. The number of hydrogen-bond donors (Lipinski definition) is 1. The summed E-state index contributed by atoms with van der Waals surface area (Å²) in [6.45, 7) is 2.34. The number of benzene rings is 1. The number of aryl methyl sites for hydroxylation is 1. The lowest BCUT2D eigenvalue weighted by atomic mass is 9.97. The number of nitrogens with zero attached hydrogens (tertiary/aromatic N) is 5. The Morgan fingerprint density at radius 2 is 2.03 bits per heavy atom. The van der Waals surface area contributed by atoms with Crippen LogP contribution in [0.2, 0.25) is 0 Å². The van der Waals surface area contributed by atoms with Crippen molar-refractivity contribution in [1.82, 2.24) is 30.0 Å². The first-order valence-electron chi connectivity index (χ1n) is 10.4. The molecular weight excluding hydrogens is 427 g/mol. The van der Waals surface area contributed by atoms with Gasteiger partial charge in [0, 0.05) is 35.8 Å². The third-order valence-corrected chi connectivity index (χ3v) is 5.88. The smallest absolute Gasteiger partial charge is 0.312 e. The van der Waals surface area contributed by atoms with Gasteiger partial charge in [0.2, 0.25) is 0 Å². The highest BCUT2D eigenvalue weighted by Crippen LogP contribution is 2.39. The largest absolute Gasteiger partial charge is 0.458 e. The van der Waals surface area contributed by atoms with E-state index in [4.69, 9.17) is 8.83 Å². The minimum Gasteiger partial charge on any atom is -0.458 e. The van der Waals surface area contributed by atoms with Crippen LogP contribution in [-0.4, -0.2) is 42.5 Å². The van der Waals surface area contributed by atoms with Gasteiger partial charge in [-0.3, -0.25) is 4.79 Å². The first-order valence-corrected chi connectivity index (χ1v) is 10.4. The van der Waals surface area contributed by atoms with E-state index >= 15 is 0 Å². The van der Waals surface area contributed by atoms with Gasteiger partial charge in [-0.2, -0.15) is 0 Å². The van der Waals surface area contributed by atoms with Crippen molar-refractivity contribution in [3.8, 4) is 11.6 Å². The van der Waals surface area contributed by atoms with Crippen molar-refractivity contribution in [3.05, 3.63) is 83.3 Å². The minimum absolute atomic E-state index is 0.109. The molecular formula is C23H17FN6O3. The molecule has 1 aliphatic rings. The second kappa shape index (κ2) is 7.37. The molecule has 0 aliphatic carbocycles. The number of amides is 1. The van der Waals surface area contributed by atoms with E-state index in [0.717, 1.165) is 22.2 Å². The summed E-state index contributed by atoms with van der Waals surface area (Å²) in [5, 5.41) is 8.67. The Kier molecular flexibility index (Phi) is 4.32. The summed E-state index contributed by atoms with van der Waals surface area (Å²) in [5.74, 6) is -0.912. The SMILES string of the molecule is Cc1c([C@H]2c3nc[nH]c3CCN2C(=O)c2nnc(-c3ncccc3F)o2)oc2ccccc12. The average molecular weight is 444 g/mol. The quantitative estimate of drug-likeness (QED) is 0.450. The normalized spacial score (nSPS) is 15.7. The molecule has 5 heterocycles. The maximum Gasteiger partial charge on any atom is 0.312 e. The fourth-order valence-electron chi connectivity index (χ4n) is 4.29. The number of aromatic nitrogens is 5. The number of para-hydroxylation sites is 1. The fourth-order valence-corrected chi connectivity index (χ4v) is 4.29. The number of carbonyl (C=O) groups is 1. The van der Waals surface area contributed by atoms with Crippen molar-refractivity contribution < 1.29 is 18.0 Å². The summed E-state index contributed by atoms with van der Waals surface area (Å²) < 4.78 is 25.8. The summed E-state index contributed by atoms with van der Waals surface area (Å²) in [4.78, 5) is 26.7. The number of halogens is 1. The van der Waals surface area contributed by atoms with E-state index in [1.807, 2.05) is 31.2 Å². The van der Waals surface area contributed by atoms with Gasteiger partial charge in [0.1, 0.15) is 17.4 Å². The Balaban J connectivity index is 1.43. The van der Waals surface area contributed by atoms with Crippen molar-refractivity contribution in [2.45, 2.75) is 19.4 Å². The first-order chi connectivity index (χ1) is 16.1. The van der Waals surface area contributed by atoms with Gasteiger partial charge in [0.15, 0.2) is 11.5 Å². The zero-order valence-corrected chi connectivity index (χ0v) is 17.4. The van der Waals surface area contributed by atoms with Crippen LogP contribution in [0.1, 0.15) is 39.4 Å². The second-order valence-electron chi connectivity index (χ2n) is 7.75. The lowest BCUT2D eigenvalue weighted by molar-refractivity contribution is 0.0632. The molecule has 4 aromatic heterocycles. The Hall–Kier alpha value is -4.34. The summed E-state index contributed by atoms with van der Waals surface area (Å²) in [5.41, 5.74) is 3.18. The molecule has 1 aliphatic heterocycles. The van der Waals surface area contributed by atoms with Crippen LogP contribution >= 0.6 is 0 Å². The molecule has 0 saturated heterocycles. The highest BCUT2D eigenvalue weighted by atomic mass is 19.1. The van der Waals surface area contributed by atoms with Crippen LogP contribution in [0.5, 0.6) is 0 Å². The summed E-state index contributed by atoms with van der Waals surface area (Å²) in [6.07, 6.45) is 3.60. The van der Waals surface area contributed by atoms with Gasteiger partial charge in [-0.1, -0.05) is 18.2 Å². The summed E-state index contributed by atoms with van der Waals surface area (Å²) in [6, 6.07) is 9.81. The molecule has 10 heteroatoms. The van der Waals surface area contributed by atoms with E-state index in [9.17, 15) is 9.18 Å². The molecule has 1 atom stereocenters. The van der Waals surface area contributed by atoms with Crippen LogP contribution in [0.15, 0.2) is 57.8 Å². The third-order valence-electron chi connectivity index (χ3n) is 5.88. The van der Waals surface area contributed by atoms with E-state index in [-0.39, 0.29) is 17.5 Å². The Bertz CT molecular complexity index is 1500. The molecule has 0 spiro atoms. The number of furan rings is 1. The molecule has 1 N–H and O–H groups in total. The van der Waals surface area contributed by atoms with E-state index in [1.54, 1.807) is 11.2 Å². The molecule has 9 nitrogen and oxygen atoms in total. The maximum absolute atomic E-state index is 14.1. The molecule has 6 rings (SSSR count). The Morgan fingerprint density at radius 3 is 2.88 bits per heavy atom. The zero-order chi connectivity index (χ0) is 22.5. The molecule has 0 saturated carbocycles. The predicted molar refractivity (Wildman–Crippen MR) is 114 cm³/mol. The topological polar surface area (TPSA) is 114 Å². The van der Waals surface area contributed by atoms with Gasteiger partial charge in [0.25, 0.3) is 5.89 Å². The molecule has 0 radical (unpaired) electrons. The Morgan fingerprint density at radius 1 is 1.15 bits per heavy atom. The third kappa shape index (κ3) is 3.02. The highest BCUT2D eigenvalue weighted by Gasteiger charge is 2.39. The number of pyridine rings is 1. The molecule has 0 unspecified atom stereocenters. The molecule has 1 amide bonds. The number of hydrogen-bond acceptors (Lipinski definition) is 7. The second-order valence-corrected chi connectivity index (χ2v) is 7.75. The van der Waals surface area contributed by atoms with Gasteiger partial charge >= 0.3 is 11.8 Å². The van der Waals surface area contributed by atoms with Crippen molar-refractivity contribution in [2.24, 2.45) is 0 Å². The first kappa shape index (κ1) is 19.4. The van der Waals surface area contributed by atoms with Crippen molar-refractivity contribution in [1.29, 1.82) is 0 Å². The van der Waals surface area contributed by atoms with Gasteiger partial charge in [-0.05, 0) is 25.1 Å². The lowest BCUT2D eigenvalue weighted by Crippen LogP contribution is -2.41. The molecule has 0 fully saturated rings. The molecule has 164 valence electrons. The van der Waals surface area contributed by atoms with Gasteiger partial charge in [0.05, 0.1) is 12.0 Å². The molecule has 0 bridgehead atoms. The van der Waals surface area contributed by atoms with Crippen LogP contribution in [0.3, 0.4) is 0 Å². The van der Waals surface area contributed by atoms with E-state index in [1.165, 1.54) is 18.3 Å². The van der Waals surface area contributed by atoms with Crippen LogP contribution in [0.25, 0.3) is 22.6 Å². The van der Waals surface area contributed by atoms with Crippen LogP contribution in [0, 0.1) is 12.7 Å². The van der Waals surface area contributed by atoms with E-state index in [0.29, 0.717) is 24.4 Å². The number of nitrogens with one attached hydrogen (secondary N) is 1. The Labute approximate surface area is 186 Å². The van der Waals surface area contributed by atoms with Crippen molar-refractivity contribution in [3.63, 3.8) is 0 Å². The molecule has 5 aromatic rings. The number of aromatic amines is 1. The average Bonchev–Trinajstić information content (AvgIpc) is 3.58. The lowest BCUT2D eigenvalue weighted by Gasteiger charge is -2.33. The zero-order valence-electron chi connectivity index (χ0n) is 17.4. The van der Waals surface area contributed by atoms with Gasteiger partial charge < -0.3 is 18.7 Å². The maximum atomic E-state index is 14.1. The van der Waals surface area contributed by atoms with Crippen LogP contribution in [-0.2, 0) is 6.42 Å². The fraction of sp³-hybridized carbons (Fsp3) is 0.174. The number of imidazole rings is 1. The predicted octanol–water partition coefficient (Wildman–Crippen LogP) is 3.84. The molecule has 1 aromatic carbocycles. The monoisotopic (exact) mass is 444 g/mol. The standard InChI is InChI=1S/C23H17FN6O3/c1-12-13-5-2-3-7-16(13)32-20(12)19-18-15(26-11-27-18)8-10-30(19)23(31)22-29-28-21(33-22)17-14(24)6-4-9-25-17/h2-7,9,11,19H,8,10H2,1H3,(H,26,27)/t19-/m1/s1. The number of rotatable bonds is 3.